The van der Waals surface area contributed by atoms with Crippen LogP contribution in [0.3, 0.4) is 0 Å². The van der Waals surface area contributed by atoms with E-state index < -0.39 is 27.8 Å². The Morgan fingerprint density at radius 3 is 2.51 bits per heavy atom. The van der Waals surface area contributed by atoms with Crippen molar-refractivity contribution in [3.63, 3.8) is 0 Å². The Morgan fingerprint density at radius 1 is 1.14 bits per heavy atom. The lowest BCUT2D eigenvalue weighted by Crippen LogP contribution is -2.45. The lowest BCUT2D eigenvalue weighted by molar-refractivity contribution is -0.0309. The number of sulfonamides is 1. The summed E-state index contributed by atoms with van der Waals surface area (Å²) in [5, 5.41) is 22.6. The molecule has 0 amide bonds. The molecule has 11 heteroatoms. The second kappa shape index (κ2) is 10.5. The topological polar surface area (TPSA) is 135 Å². The second-order valence-electron chi connectivity index (χ2n) is 10.3. The largest absolute Gasteiger partial charge is 0.507 e. The number of carboxylic acids is 1. The summed E-state index contributed by atoms with van der Waals surface area (Å²) in [6.45, 7) is 8.77. The highest BCUT2D eigenvalue weighted by Crippen LogP contribution is 2.34. The second-order valence-corrected chi connectivity index (χ2v) is 12.2. The summed E-state index contributed by atoms with van der Waals surface area (Å²) in [5.74, 6) is -0.558. The first-order valence-electron chi connectivity index (χ1n) is 12.3. The maximum Gasteiger partial charge on any atom is 0.339 e. The summed E-state index contributed by atoms with van der Waals surface area (Å²) in [6.07, 6.45) is -0.128. The molecule has 2 aromatic carbocycles. The third-order valence-corrected chi connectivity index (χ3v) is 8.11. The SMILES string of the molecule is CC(C)CN(C[C@H]1OC(C)(C)N[C@H]1Cc1ccc(O)c(C(=O)O)c1)S(=O)(=O)c1ccc2c(c1)OCCO2. The Balaban J connectivity index is 1.61. The summed E-state index contributed by atoms with van der Waals surface area (Å²) in [7, 11) is -3.89. The summed E-state index contributed by atoms with van der Waals surface area (Å²) in [4.78, 5) is 11.6. The number of fused-ring (bicyclic) bond motifs is 1. The van der Waals surface area contributed by atoms with Gasteiger partial charge in [0, 0.05) is 25.2 Å². The number of nitrogens with one attached hydrogen (secondary N) is 1. The smallest absolute Gasteiger partial charge is 0.339 e. The molecule has 0 unspecified atom stereocenters. The van der Waals surface area contributed by atoms with Crippen LogP contribution in [-0.2, 0) is 21.2 Å². The average Bonchev–Trinajstić information content (AvgIpc) is 3.11. The van der Waals surface area contributed by atoms with Crippen molar-refractivity contribution in [1.29, 1.82) is 0 Å². The van der Waals surface area contributed by atoms with E-state index in [0.717, 1.165) is 0 Å². The molecule has 10 nitrogen and oxygen atoms in total. The lowest BCUT2D eigenvalue weighted by Gasteiger charge is -2.29. The molecule has 0 aliphatic carbocycles. The van der Waals surface area contributed by atoms with E-state index in [-0.39, 0.29) is 41.3 Å². The van der Waals surface area contributed by atoms with E-state index in [2.05, 4.69) is 5.32 Å². The summed E-state index contributed by atoms with van der Waals surface area (Å²) < 4.78 is 46.4. The average molecular weight is 535 g/mol. The van der Waals surface area contributed by atoms with Crippen LogP contribution in [0.5, 0.6) is 17.2 Å². The fourth-order valence-electron chi connectivity index (χ4n) is 4.73. The highest BCUT2D eigenvalue weighted by Gasteiger charge is 2.42. The minimum atomic E-state index is -3.89. The van der Waals surface area contributed by atoms with Gasteiger partial charge in [0.25, 0.3) is 0 Å². The Hall–Kier alpha value is -2.86. The minimum absolute atomic E-state index is 0.0584. The van der Waals surface area contributed by atoms with Crippen molar-refractivity contribution in [3.8, 4) is 17.2 Å². The fourth-order valence-corrected chi connectivity index (χ4v) is 6.36. The number of benzene rings is 2. The van der Waals surface area contributed by atoms with Crippen LogP contribution in [0.1, 0.15) is 43.6 Å². The standard InChI is InChI=1S/C26H34N2O8S/c1-16(2)14-28(37(32,33)18-6-8-22-23(13-18)35-10-9-34-22)15-24-20(27-26(3,4)36-24)12-17-5-7-21(29)19(11-17)25(30)31/h5-8,11,13,16,20,24,27,29H,9-10,12,14-15H2,1-4H3,(H,30,31)/t20-,24+/m0/s1. The number of aromatic carboxylic acids is 1. The Labute approximate surface area is 217 Å². The van der Waals surface area contributed by atoms with Gasteiger partial charge in [-0.25, -0.2) is 13.2 Å². The predicted octanol–water partition coefficient (Wildman–Crippen LogP) is 2.84. The Bertz CT molecular complexity index is 1260. The molecule has 3 N–H and O–H groups in total. The quantitative estimate of drug-likeness (QED) is 0.444. The number of ether oxygens (including phenoxy) is 3. The maximum atomic E-state index is 13.8. The van der Waals surface area contributed by atoms with Crippen molar-refractivity contribution in [2.75, 3.05) is 26.3 Å². The first-order chi connectivity index (χ1) is 17.4. The fraction of sp³-hybridized carbons (Fsp3) is 0.500. The molecule has 0 radical (unpaired) electrons. The zero-order valence-electron chi connectivity index (χ0n) is 21.4. The molecule has 0 spiro atoms. The molecule has 37 heavy (non-hydrogen) atoms. The minimum Gasteiger partial charge on any atom is -0.507 e. The van der Waals surface area contributed by atoms with Crippen molar-refractivity contribution >= 4 is 16.0 Å². The van der Waals surface area contributed by atoms with Gasteiger partial charge in [-0.2, -0.15) is 4.31 Å². The van der Waals surface area contributed by atoms with Crippen LogP contribution in [0, 0.1) is 5.92 Å². The van der Waals surface area contributed by atoms with Crippen LogP contribution < -0.4 is 14.8 Å². The number of rotatable bonds is 9. The molecular formula is C26H34N2O8S. The van der Waals surface area contributed by atoms with E-state index in [0.29, 0.717) is 36.7 Å². The normalized spacial score (nSPS) is 20.9. The lowest BCUT2D eigenvalue weighted by atomic mass is 9.99. The van der Waals surface area contributed by atoms with Gasteiger partial charge in [0.1, 0.15) is 30.3 Å². The zero-order valence-corrected chi connectivity index (χ0v) is 22.2. The van der Waals surface area contributed by atoms with Crippen molar-refractivity contribution in [3.05, 3.63) is 47.5 Å². The molecule has 2 heterocycles. The van der Waals surface area contributed by atoms with Crippen LogP contribution >= 0.6 is 0 Å². The monoisotopic (exact) mass is 534 g/mol. The molecule has 0 bridgehead atoms. The molecule has 2 aliphatic rings. The molecule has 2 aromatic rings. The number of hydrogen-bond donors (Lipinski definition) is 3. The Morgan fingerprint density at radius 2 is 1.84 bits per heavy atom. The van der Waals surface area contributed by atoms with Crippen LogP contribution in [-0.4, -0.2) is 73.1 Å². The van der Waals surface area contributed by atoms with E-state index in [1.54, 1.807) is 12.1 Å². The van der Waals surface area contributed by atoms with Gasteiger partial charge < -0.3 is 24.4 Å². The number of nitrogens with zero attached hydrogens (tertiary/aromatic N) is 1. The first-order valence-corrected chi connectivity index (χ1v) is 13.7. The van der Waals surface area contributed by atoms with Crippen LogP contribution in [0.15, 0.2) is 41.3 Å². The first kappa shape index (κ1) is 27.2. The highest BCUT2D eigenvalue weighted by atomic mass is 32.2. The summed E-state index contributed by atoms with van der Waals surface area (Å²) >= 11 is 0. The van der Waals surface area contributed by atoms with Gasteiger partial charge in [-0.15, -0.1) is 0 Å². The molecule has 0 aromatic heterocycles. The number of aromatic hydroxyl groups is 1. The highest BCUT2D eigenvalue weighted by molar-refractivity contribution is 7.89. The number of phenols is 1. The third kappa shape index (κ3) is 6.18. The summed E-state index contributed by atoms with van der Waals surface area (Å²) in [6, 6.07) is 8.77. The predicted molar refractivity (Wildman–Crippen MR) is 136 cm³/mol. The summed E-state index contributed by atoms with van der Waals surface area (Å²) in [5.41, 5.74) is -0.217. The maximum absolute atomic E-state index is 13.8. The molecule has 4 rings (SSSR count). The molecular weight excluding hydrogens is 500 g/mol. The molecule has 1 saturated heterocycles. The van der Waals surface area contributed by atoms with Gasteiger partial charge in [0.05, 0.1) is 11.0 Å². The van der Waals surface area contributed by atoms with Gasteiger partial charge in [0.2, 0.25) is 10.0 Å². The van der Waals surface area contributed by atoms with Crippen molar-refractivity contribution in [1.82, 2.24) is 9.62 Å². The van der Waals surface area contributed by atoms with Gasteiger partial charge in [0.15, 0.2) is 11.5 Å². The van der Waals surface area contributed by atoms with Crippen molar-refractivity contribution < 1.29 is 37.6 Å². The molecule has 202 valence electrons. The molecule has 0 saturated carbocycles. The van der Waals surface area contributed by atoms with E-state index in [4.69, 9.17) is 14.2 Å². The number of carboxylic acid groups (broad SMARTS) is 1. The molecule has 2 atom stereocenters. The van der Waals surface area contributed by atoms with E-state index in [1.165, 1.54) is 28.6 Å². The third-order valence-electron chi connectivity index (χ3n) is 6.28. The molecule has 1 fully saturated rings. The van der Waals surface area contributed by atoms with E-state index in [9.17, 15) is 23.4 Å². The van der Waals surface area contributed by atoms with Crippen molar-refractivity contribution in [2.45, 2.75) is 56.9 Å². The van der Waals surface area contributed by atoms with Crippen LogP contribution in [0.4, 0.5) is 0 Å². The number of carbonyl (C=O) groups is 1. The Kier molecular flexibility index (Phi) is 7.70. The van der Waals surface area contributed by atoms with Gasteiger partial charge >= 0.3 is 5.97 Å². The van der Waals surface area contributed by atoms with E-state index >= 15 is 0 Å². The van der Waals surface area contributed by atoms with Gasteiger partial charge in [-0.05, 0) is 56.0 Å². The number of hydrogen-bond acceptors (Lipinski definition) is 8. The zero-order chi connectivity index (χ0) is 27.0. The molecule has 2 aliphatic heterocycles. The van der Waals surface area contributed by atoms with Crippen molar-refractivity contribution in [2.24, 2.45) is 5.92 Å². The van der Waals surface area contributed by atoms with Crippen LogP contribution in [0.2, 0.25) is 0 Å². The van der Waals surface area contributed by atoms with Gasteiger partial charge in [-0.1, -0.05) is 19.9 Å². The van der Waals surface area contributed by atoms with Gasteiger partial charge in [-0.3, -0.25) is 5.32 Å². The van der Waals surface area contributed by atoms with Crippen LogP contribution in [0.25, 0.3) is 0 Å². The van der Waals surface area contributed by atoms with E-state index in [1.807, 2.05) is 27.7 Å².